The van der Waals surface area contributed by atoms with E-state index in [1.165, 1.54) is 23.5 Å². The van der Waals surface area contributed by atoms with Crippen LogP contribution >= 0.6 is 11.3 Å². The van der Waals surface area contributed by atoms with Crippen molar-refractivity contribution in [2.24, 2.45) is 5.73 Å². The lowest BCUT2D eigenvalue weighted by Crippen LogP contribution is -2.08. The van der Waals surface area contributed by atoms with Gasteiger partial charge in [-0.25, -0.2) is 4.98 Å². The average molecular weight is 224 g/mol. The first-order chi connectivity index (χ1) is 7.22. The van der Waals surface area contributed by atoms with Crippen LogP contribution in [0, 0.1) is 0 Å². The van der Waals surface area contributed by atoms with E-state index in [0.29, 0.717) is 5.92 Å². The molecule has 1 heterocycles. The molecule has 0 amide bonds. The highest BCUT2D eigenvalue weighted by atomic mass is 32.1. The minimum absolute atomic E-state index is 0.666. The fourth-order valence-corrected chi connectivity index (χ4v) is 3.54. The zero-order chi connectivity index (χ0) is 10.8. The largest absolute Gasteiger partial charge is 0.330 e. The van der Waals surface area contributed by atoms with Gasteiger partial charge in [0.1, 0.15) is 0 Å². The van der Waals surface area contributed by atoms with Crippen molar-refractivity contribution in [3.8, 4) is 0 Å². The van der Waals surface area contributed by atoms with Gasteiger partial charge in [-0.05, 0) is 37.6 Å². The molecule has 2 unspecified atom stereocenters. The molecule has 1 aromatic rings. The van der Waals surface area contributed by atoms with E-state index in [-0.39, 0.29) is 0 Å². The average Bonchev–Trinajstić information content (AvgIpc) is 2.66. The van der Waals surface area contributed by atoms with Crippen LogP contribution in [0.1, 0.15) is 60.5 Å². The van der Waals surface area contributed by atoms with E-state index >= 15 is 0 Å². The van der Waals surface area contributed by atoms with Gasteiger partial charge in [0.05, 0.1) is 10.7 Å². The van der Waals surface area contributed by atoms with Crippen LogP contribution in [0.15, 0.2) is 0 Å². The summed E-state index contributed by atoms with van der Waals surface area (Å²) in [5, 5.41) is 1.30. The fraction of sp³-hybridized carbons (Fsp3) is 0.750. The molecule has 0 saturated carbocycles. The van der Waals surface area contributed by atoms with E-state index in [9.17, 15) is 0 Å². The molecule has 84 valence electrons. The molecule has 1 aliphatic carbocycles. The Kier molecular flexibility index (Phi) is 3.42. The van der Waals surface area contributed by atoms with E-state index in [1.807, 2.05) is 11.3 Å². The summed E-state index contributed by atoms with van der Waals surface area (Å²) in [5.41, 5.74) is 6.91. The van der Waals surface area contributed by atoms with Gasteiger partial charge in [-0.1, -0.05) is 13.8 Å². The quantitative estimate of drug-likeness (QED) is 0.857. The van der Waals surface area contributed by atoms with Gasteiger partial charge in [0, 0.05) is 11.3 Å². The van der Waals surface area contributed by atoms with Crippen molar-refractivity contribution in [3.63, 3.8) is 0 Å². The van der Waals surface area contributed by atoms with Gasteiger partial charge in [-0.3, -0.25) is 0 Å². The molecule has 0 fully saturated rings. The summed E-state index contributed by atoms with van der Waals surface area (Å²) >= 11 is 1.92. The molecule has 0 radical (unpaired) electrons. The third kappa shape index (κ3) is 2.23. The zero-order valence-electron chi connectivity index (χ0n) is 9.62. The first kappa shape index (κ1) is 11.1. The molecule has 2 nitrogen and oxygen atoms in total. The maximum absolute atomic E-state index is 5.53. The first-order valence-electron chi connectivity index (χ1n) is 5.92. The fourth-order valence-electron chi connectivity index (χ4n) is 2.23. The number of thiazole rings is 1. The molecule has 0 aliphatic heterocycles. The molecule has 0 spiro atoms. The molecular weight excluding hydrogens is 204 g/mol. The first-order valence-corrected chi connectivity index (χ1v) is 6.73. The minimum Gasteiger partial charge on any atom is -0.330 e. The van der Waals surface area contributed by atoms with Crippen LogP contribution in [-0.2, 0) is 6.42 Å². The predicted octanol–water partition coefficient (Wildman–Crippen LogP) is 3.04. The molecule has 15 heavy (non-hydrogen) atoms. The maximum atomic E-state index is 5.53. The third-order valence-electron chi connectivity index (χ3n) is 3.27. The van der Waals surface area contributed by atoms with Gasteiger partial charge in [-0.2, -0.15) is 0 Å². The highest BCUT2D eigenvalue weighted by Crippen LogP contribution is 2.41. The number of nitrogens with zero attached hydrogens (tertiary/aromatic N) is 1. The van der Waals surface area contributed by atoms with Gasteiger partial charge in [0.15, 0.2) is 0 Å². The topological polar surface area (TPSA) is 38.9 Å². The van der Waals surface area contributed by atoms with Crippen molar-refractivity contribution in [2.45, 2.75) is 51.4 Å². The van der Waals surface area contributed by atoms with Crippen LogP contribution in [0.3, 0.4) is 0 Å². The van der Waals surface area contributed by atoms with Crippen molar-refractivity contribution in [1.29, 1.82) is 0 Å². The lowest BCUT2D eigenvalue weighted by molar-refractivity contribution is 0.525. The highest BCUT2D eigenvalue weighted by Gasteiger charge is 2.25. The second-order valence-electron chi connectivity index (χ2n) is 4.63. The van der Waals surface area contributed by atoms with Crippen LogP contribution in [0.25, 0.3) is 0 Å². The summed E-state index contributed by atoms with van der Waals surface area (Å²) in [6, 6.07) is 0. The summed E-state index contributed by atoms with van der Waals surface area (Å²) in [6.07, 6.45) is 4.75. The monoisotopic (exact) mass is 224 g/mol. The lowest BCUT2D eigenvalue weighted by Gasteiger charge is -2.22. The van der Waals surface area contributed by atoms with Crippen LogP contribution in [0.4, 0.5) is 0 Å². The summed E-state index contributed by atoms with van der Waals surface area (Å²) in [4.78, 5) is 6.33. The van der Waals surface area contributed by atoms with E-state index in [0.717, 1.165) is 25.3 Å². The Bertz CT molecular complexity index is 305. The lowest BCUT2D eigenvalue weighted by atomic mass is 9.86. The van der Waals surface area contributed by atoms with Crippen molar-refractivity contribution in [3.05, 3.63) is 15.6 Å². The molecule has 1 aromatic heterocycles. The summed E-state index contributed by atoms with van der Waals surface area (Å²) in [6.45, 7) is 5.40. The Morgan fingerprint density at radius 1 is 1.33 bits per heavy atom. The van der Waals surface area contributed by atoms with Crippen LogP contribution in [0.2, 0.25) is 0 Å². The van der Waals surface area contributed by atoms with Crippen molar-refractivity contribution < 1.29 is 0 Å². The highest BCUT2D eigenvalue weighted by molar-refractivity contribution is 7.11. The van der Waals surface area contributed by atoms with E-state index in [2.05, 4.69) is 13.8 Å². The predicted molar refractivity (Wildman–Crippen MR) is 65.6 cm³/mol. The zero-order valence-corrected chi connectivity index (χ0v) is 10.4. The molecule has 2 rings (SSSR count). The molecule has 0 saturated heterocycles. The Balaban J connectivity index is 2.20. The SMILES string of the molecule is CC1CCC(C)c2sc(CCCN)nc21. The normalized spacial score (nSPS) is 25.3. The van der Waals surface area contributed by atoms with Crippen molar-refractivity contribution >= 4 is 11.3 Å². The summed E-state index contributed by atoms with van der Waals surface area (Å²) in [7, 11) is 0. The summed E-state index contributed by atoms with van der Waals surface area (Å²) in [5.74, 6) is 1.39. The summed E-state index contributed by atoms with van der Waals surface area (Å²) < 4.78 is 0. The molecule has 0 aromatic carbocycles. The Morgan fingerprint density at radius 2 is 2.07 bits per heavy atom. The number of aromatic nitrogens is 1. The maximum Gasteiger partial charge on any atom is 0.0931 e. The third-order valence-corrected chi connectivity index (χ3v) is 4.63. The second-order valence-corrected chi connectivity index (χ2v) is 5.74. The standard InChI is InChI=1S/C12H20N2S/c1-8-5-6-9(2)12-11(8)14-10(15-12)4-3-7-13/h8-9H,3-7,13H2,1-2H3. The molecule has 0 bridgehead atoms. The van der Waals surface area contributed by atoms with Crippen LogP contribution < -0.4 is 5.73 Å². The van der Waals surface area contributed by atoms with Gasteiger partial charge in [-0.15, -0.1) is 11.3 Å². The number of hydrogen-bond acceptors (Lipinski definition) is 3. The van der Waals surface area contributed by atoms with Crippen molar-refractivity contribution in [1.82, 2.24) is 4.98 Å². The molecule has 2 N–H and O–H groups in total. The Labute approximate surface area is 95.9 Å². The number of rotatable bonds is 3. The minimum atomic E-state index is 0.666. The van der Waals surface area contributed by atoms with E-state index < -0.39 is 0 Å². The number of fused-ring (bicyclic) bond motifs is 1. The molecule has 1 aliphatic rings. The Hall–Kier alpha value is -0.410. The molecule has 3 heteroatoms. The molecular formula is C12H20N2S. The van der Waals surface area contributed by atoms with Gasteiger partial charge in [0.25, 0.3) is 0 Å². The van der Waals surface area contributed by atoms with Gasteiger partial charge < -0.3 is 5.73 Å². The van der Waals surface area contributed by atoms with Crippen LogP contribution in [-0.4, -0.2) is 11.5 Å². The van der Waals surface area contributed by atoms with Crippen molar-refractivity contribution in [2.75, 3.05) is 6.54 Å². The number of nitrogens with two attached hydrogens (primary N) is 1. The Morgan fingerprint density at radius 3 is 2.73 bits per heavy atom. The van der Waals surface area contributed by atoms with Crippen LogP contribution in [0.5, 0.6) is 0 Å². The van der Waals surface area contributed by atoms with E-state index in [1.54, 1.807) is 4.88 Å². The van der Waals surface area contributed by atoms with E-state index in [4.69, 9.17) is 10.7 Å². The van der Waals surface area contributed by atoms with Gasteiger partial charge in [0.2, 0.25) is 0 Å². The van der Waals surface area contributed by atoms with Gasteiger partial charge >= 0.3 is 0 Å². The number of aryl methyl sites for hydroxylation is 1. The second kappa shape index (κ2) is 4.62. The molecule has 2 atom stereocenters. The number of hydrogen-bond donors (Lipinski definition) is 1. The smallest absolute Gasteiger partial charge is 0.0931 e.